The van der Waals surface area contributed by atoms with Gasteiger partial charge < -0.3 is 10.4 Å². The molecule has 2 N–H and O–H groups in total. The Morgan fingerprint density at radius 1 is 0.558 bits per heavy atom. The molecule has 216 valence electrons. The molecule has 6 aromatic rings. The van der Waals surface area contributed by atoms with Gasteiger partial charge in [0, 0.05) is 11.7 Å². The van der Waals surface area contributed by atoms with Crippen molar-refractivity contribution in [3.05, 3.63) is 156 Å². The molecule has 0 aliphatic carbocycles. The molecule has 0 unspecified atom stereocenters. The summed E-state index contributed by atoms with van der Waals surface area (Å²) in [5, 5.41) is 5.31. The highest BCUT2D eigenvalue weighted by atomic mass is 31.1. The van der Waals surface area contributed by atoms with Crippen molar-refractivity contribution >= 4 is 37.0 Å². The van der Waals surface area contributed by atoms with Gasteiger partial charge in [0.25, 0.3) is 0 Å². The molecule has 7 rings (SSSR count). The number of rotatable bonds is 4. The lowest BCUT2D eigenvalue weighted by Gasteiger charge is -2.33. The molecule has 0 amide bonds. The van der Waals surface area contributed by atoms with Crippen LogP contribution in [0.25, 0.3) is 32.7 Å². The van der Waals surface area contributed by atoms with Crippen LogP contribution in [0.5, 0.6) is 0 Å². The fourth-order valence-electron chi connectivity index (χ4n) is 6.33. The molecule has 1 aliphatic rings. The Morgan fingerprint density at radius 3 is 1.42 bits per heavy atom. The van der Waals surface area contributed by atoms with Crippen LogP contribution in [0.2, 0.25) is 0 Å². The summed E-state index contributed by atoms with van der Waals surface area (Å²) in [5.74, 6) is 0. The Morgan fingerprint density at radius 2 is 0.953 bits per heavy atom. The average Bonchev–Trinajstić information content (AvgIpc) is 3.19. The maximum absolute atomic E-state index is 9.67. The van der Waals surface area contributed by atoms with Crippen LogP contribution in [0.3, 0.4) is 0 Å². The average molecular weight is 595 g/mol. The van der Waals surface area contributed by atoms with E-state index in [-0.39, 0.29) is 17.8 Å². The molecule has 7 heteroatoms. The second-order valence-electron chi connectivity index (χ2n) is 10.6. The molecule has 0 fully saturated rings. The molecule has 0 bridgehead atoms. The van der Waals surface area contributed by atoms with Crippen molar-refractivity contribution < 1.29 is 19.1 Å². The summed E-state index contributed by atoms with van der Waals surface area (Å²) in [6, 6.07) is 48.8. The number of hydrogen-bond acceptors (Lipinski definition) is 1. The highest BCUT2D eigenvalue weighted by Crippen LogP contribution is 2.63. The Bertz CT molecular complexity index is 1730. The minimum Gasteiger partial charge on any atom is -1.00 e. The molecule has 43 heavy (non-hydrogen) atoms. The molecule has 0 radical (unpaired) electrons. The first-order chi connectivity index (χ1) is 20.5. The van der Waals surface area contributed by atoms with E-state index in [0.717, 1.165) is 12.3 Å². The Hall–Kier alpha value is -3.99. The first-order valence-corrected chi connectivity index (χ1v) is 15.8. The van der Waals surface area contributed by atoms with Gasteiger partial charge in [-0.1, -0.05) is 141 Å². The smallest absolute Gasteiger partial charge is 1.00 e. The Labute approximate surface area is 252 Å². The molecule has 1 nitrogen and oxygen atoms in total. The fraction of sp³-hybridized carbons (Fsp3) is 0.111. The van der Waals surface area contributed by atoms with Gasteiger partial charge in [0.1, 0.15) is 0 Å². The van der Waals surface area contributed by atoms with Crippen molar-refractivity contribution in [3.8, 4) is 11.1 Å². The van der Waals surface area contributed by atoms with Crippen LogP contribution in [0.4, 0.5) is 12.9 Å². The molecule has 1 aliphatic heterocycles. The third-order valence-corrected chi connectivity index (χ3v) is 11.0. The zero-order chi connectivity index (χ0) is 29.1. The van der Waals surface area contributed by atoms with Gasteiger partial charge in [-0.25, -0.2) is 0 Å². The van der Waals surface area contributed by atoms with Crippen LogP contribution in [0.1, 0.15) is 35.4 Å². The van der Waals surface area contributed by atoms with E-state index >= 15 is 0 Å². The van der Waals surface area contributed by atoms with Crippen molar-refractivity contribution in [1.29, 1.82) is 0 Å². The Balaban J connectivity index is 0.000000696. The largest absolute Gasteiger partial charge is 1.00 e. The maximum atomic E-state index is 9.67. The topological polar surface area (TPSA) is 26.0 Å². The minimum atomic E-state index is -3.67. The van der Waals surface area contributed by atoms with E-state index in [1.54, 1.807) is 0 Å². The zero-order valence-electron chi connectivity index (χ0n) is 24.4. The van der Waals surface area contributed by atoms with Crippen molar-refractivity contribution in [2.75, 3.05) is 0 Å². The van der Waals surface area contributed by atoms with E-state index in [1.807, 2.05) is 0 Å². The molecule has 2 atom stereocenters. The van der Waals surface area contributed by atoms with Gasteiger partial charge in [-0.2, -0.15) is 0 Å². The predicted molar refractivity (Wildman–Crippen MR) is 174 cm³/mol. The number of fused-ring (bicyclic) bond motifs is 7. The van der Waals surface area contributed by atoms with Crippen LogP contribution in [0, 0.1) is 0 Å². The predicted octanol–water partition coefficient (Wildman–Crippen LogP) is 7.59. The number of nitrogens with two attached hydrogens (primary N) is 1. The molecular formula is C36H31BF4NP. The molecule has 1 heterocycles. The number of hydrogen-bond donors (Lipinski definition) is 1. The van der Waals surface area contributed by atoms with Gasteiger partial charge in [0.15, 0.2) is 0 Å². The van der Waals surface area contributed by atoms with Gasteiger partial charge in [0.05, 0.1) is 0 Å². The van der Waals surface area contributed by atoms with Crippen LogP contribution in [-0.2, 0) is 12.3 Å². The van der Waals surface area contributed by atoms with Gasteiger partial charge in [0.2, 0.25) is 0 Å². The summed E-state index contributed by atoms with van der Waals surface area (Å²) >= 11 is 0. The zero-order valence-corrected chi connectivity index (χ0v) is 24.3. The lowest BCUT2D eigenvalue weighted by Crippen LogP contribution is -3.00. The summed E-state index contributed by atoms with van der Waals surface area (Å²) < 4.78 is 29.0. The fourth-order valence-corrected chi connectivity index (χ4v) is 9.46. The van der Waals surface area contributed by atoms with E-state index < -0.39 is 15.5 Å². The second-order valence-corrected chi connectivity index (χ2v) is 13.0. The van der Waals surface area contributed by atoms with Gasteiger partial charge in [-0.05, 0) is 67.2 Å². The van der Waals surface area contributed by atoms with Gasteiger partial charge in [-0.15, -0.1) is 0 Å². The quantitative estimate of drug-likeness (QED) is 0.127. The summed E-state index contributed by atoms with van der Waals surface area (Å²) in [6.07, 6.45) is 2.11. The lowest BCUT2D eigenvalue weighted by molar-refractivity contribution is -0.0000110. The maximum Gasteiger partial charge on any atom is 1.00 e. The van der Waals surface area contributed by atoms with E-state index in [2.05, 4.69) is 133 Å². The molecule has 0 aromatic heterocycles. The number of benzene rings is 6. The summed E-state index contributed by atoms with van der Waals surface area (Å²) in [7, 11) is -4.18. The highest BCUT2D eigenvalue weighted by Gasteiger charge is 2.33. The van der Waals surface area contributed by atoms with Crippen molar-refractivity contribution in [2.24, 2.45) is 5.73 Å². The summed E-state index contributed by atoms with van der Waals surface area (Å²) in [4.78, 5) is 0. The molecular weight excluding hydrogens is 564 g/mol. The summed E-state index contributed by atoms with van der Waals surface area (Å²) in [5.41, 5.74) is 15.7. The first-order valence-electron chi connectivity index (χ1n) is 14.0. The van der Waals surface area contributed by atoms with Crippen LogP contribution in [0.15, 0.2) is 133 Å². The standard InChI is InChI=1S/C36H30NP.BF3.FH/c37-35(27-13-3-1-4-14-27)36(28-15-5-2-6-16-28)38-23-29-21-19-25-11-7-9-17-31(25)33(29)34-30(24-38)22-20-26-12-8-10-18-32(26)34;2-1(3)4;/h1-22,35-36H,23-24,37H2;;1H/t35-,36-;;/m0../s1. The summed E-state index contributed by atoms with van der Waals surface area (Å²) in [6.45, 7) is 0. The highest BCUT2D eigenvalue weighted by molar-refractivity contribution is 7.56. The minimum absolute atomic E-state index is 0. The van der Waals surface area contributed by atoms with Gasteiger partial charge >= 0.3 is 8.97 Å². The van der Waals surface area contributed by atoms with Crippen molar-refractivity contribution in [2.45, 2.75) is 24.0 Å². The normalized spacial score (nSPS) is 13.9. The van der Waals surface area contributed by atoms with Crippen molar-refractivity contribution in [1.82, 2.24) is 0 Å². The van der Waals surface area contributed by atoms with E-state index in [4.69, 9.17) is 5.73 Å². The third kappa shape index (κ3) is 6.37. The SMILES string of the molecule is FB(F)F.N[C@@H](c1ccccc1)[C@H](c1ccccc1)P1Cc2ccc3ccccc3c2-c2c(ccc3ccccc23)C1.[F-].[H+]. The molecule has 0 saturated heterocycles. The van der Waals surface area contributed by atoms with Crippen LogP contribution in [-0.4, -0.2) is 7.54 Å². The molecule has 0 saturated carbocycles. The van der Waals surface area contributed by atoms with E-state index in [0.29, 0.717) is 0 Å². The van der Waals surface area contributed by atoms with E-state index in [1.165, 1.54) is 54.9 Å². The van der Waals surface area contributed by atoms with Crippen LogP contribution < -0.4 is 10.4 Å². The number of halogens is 4. The van der Waals surface area contributed by atoms with Gasteiger partial charge in [-0.3, -0.25) is 12.9 Å². The second kappa shape index (κ2) is 13.5. The monoisotopic (exact) mass is 595 g/mol. The van der Waals surface area contributed by atoms with Crippen molar-refractivity contribution in [3.63, 3.8) is 0 Å². The Kier molecular flexibility index (Phi) is 9.60. The first kappa shape index (κ1) is 30.5. The molecule has 6 aromatic carbocycles. The third-order valence-electron chi connectivity index (χ3n) is 8.09. The lowest BCUT2D eigenvalue weighted by atomic mass is 9.88. The molecule has 0 spiro atoms. The van der Waals surface area contributed by atoms with Crippen LogP contribution >= 0.6 is 7.92 Å². The van der Waals surface area contributed by atoms with E-state index in [9.17, 15) is 12.9 Å².